The number of hydrogen-bond donors (Lipinski definition) is 1. The standard InChI is InChI=1S/C15H18N2O3/c1-2-14-16-15(20-17-14)9-19-13-8-4-5-10-11(13)6-3-7-12(10)18/h4-5,8,12,18H,2-3,6-7,9H2,1H3. The summed E-state index contributed by atoms with van der Waals surface area (Å²) in [5.41, 5.74) is 2.08. The third-order valence-corrected chi connectivity index (χ3v) is 3.61. The molecule has 0 spiro atoms. The third-order valence-electron chi connectivity index (χ3n) is 3.61. The van der Waals surface area contributed by atoms with Crippen molar-refractivity contribution in [3.8, 4) is 5.75 Å². The topological polar surface area (TPSA) is 68.4 Å². The lowest BCUT2D eigenvalue weighted by atomic mass is 9.89. The molecule has 3 rings (SSSR count). The molecule has 106 valence electrons. The lowest BCUT2D eigenvalue weighted by molar-refractivity contribution is 0.154. The van der Waals surface area contributed by atoms with Gasteiger partial charge in [0.25, 0.3) is 5.89 Å². The molecule has 2 aromatic rings. The molecule has 0 amide bonds. The lowest BCUT2D eigenvalue weighted by Crippen LogP contribution is -2.11. The first-order valence-electron chi connectivity index (χ1n) is 7.02. The molecular weight excluding hydrogens is 256 g/mol. The predicted octanol–water partition coefficient (Wildman–Crippen LogP) is 2.58. The van der Waals surface area contributed by atoms with Crippen LogP contribution in [0.4, 0.5) is 0 Å². The molecule has 1 aliphatic rings. The Hall–Kier alpha value is -1.88. The molecule has 0 saturated carbocycles. The van der Waals surface area contributed by atoms with Crippen molar-refractivity contribution in [2.75, 3.05) is 0 Å². The maximum absolute atomic E-state index is 10.0. The minimum atomic E-state index is -0.377. The fourth-order valence-corrected chi connectivity index (χ4v) is 2.56. The van der Waals surface area contributed by atoms with Crippen LogP contribution in [0.15, 0.2) is 22.7 Å². The fourth-order valence-electron chi connectivity index (χ4n) is 2.56. The van der Waals surface area contributed by atoms with E-state index in [4.69, 9.17) is 9.26 Å². The van der Waals surface area contributed by atoms with Gasteiger partial charge in [-0.1, -0.05) is 24.2 Å². The second-order valence-electron chi connectivity index (χ2n) is 4.98. The zero-order chi connectivity index (χ0) is 13.9. The molecule has 0 aliphatic heterocycles. The second kappa shape index (κ2) is 5.63. The van der Waals surface area contributed by atoms with Crippen molar-refractivity contribution in [2.45, 2.75) is 45.3 Å². The van der Waals surface area contributed by atoms with Crippen molar-refractivity contribution in [3.05, 3.63) is 41.0 Å². The monoisotopic (exact) mass is 274 g/mol. The number of fused-ring (bicyclic) bond motifs is 1. The quantitative estimate of drug-likeness (QED) is 0.928. The first-order chi connectivity index (χ1) is 9.78. The summed E-state index contributed by atoms with van der Waals surface area (Å²) in [5.74, 6) is 1.97. The van der Waals surface area contributed by atoms with Gasteiger partial charge in [0, 0.05) is 6.42 Å². The van der Waals surface area contributed by atoms with Crippen LogP contribution in [0.25, 0.3) is 0 Å². The van der Waals surface area contributed by atoms with E-state index in [2.05, 4.69) is 10.1 Å². The summed E-state index contributed by atoms with van der Waals surface area (Å²) in [7, 11) is 0. The van der Waals surface area contributed by atoms with Crippen LogP contribution in [0, 0.1) is 0 Å². The van der Waals surface area contributed by atoms with Crippen LogP contribution in [0.3, 0.4) is 0 Å². The SMILES string of the molecule is CCc1noc(COc2cccc3c2CCCC3O)n1. The highest BCUT2D eigenvalue weighted by molar-refractivity contribution is 5.42. The van der Waals surface area contributed by atoms with Gasteiger partial charge in [-0.3, -0.25) is 0 Å². The number of aliphatic hydroxyl groups is 1. The van der Waals surface area contributed by atoms with Crippen molar-refractivity contribution < 1.29 is 14.4 Å². The van der Waals surface area contributed by atoms with Gasteiger partial charge in [-0.2, -0.15) is 4.98 Å². The highest BCUT2D eigenvalue weighted by atomic mass is 16.5. The van der Waals surface area contributed by atoms with Crippen LogP contribution in [-0.4, -0.2) is 15.2 Å². The summed E-state index contributed by atoms with van der Waals surface area (Å²) in [6.45, 7) is 2.24. The maximum Gasteiger partial charge on any atom is 0.264 e. The van der Waals surface area contributed by atoms with Gasteiger partial charge < -0.3 is 14.4 Å². The van der Waals surface area contributed by atoms with Crippen molar-refractivity contribution >= 4 is 0 Å². The van der Waals surface area contributed by atoms with Gasteiger partial charge in [-0.15, -0.1) is 0 Å². The first-order valence-corrected chi connectivity index (χ1v) is 7.02. The van der Waals surface area contributed by atoms with Crippen LogP contribution in [0.1, 0.15) is 48.7 Å². The average Bonchev–Trinajstić information content (AvgIpc) is 2.94. The van der Waals surface area contributed by atoms with Crippen LogP contribution < -0.4 is 4.74 Å². The Balaban J connectivity index is 1.76. The van der Waals surface area contributed by atoms with E-state index in [1.54, 1.807) is 0 Å². The number of aliphatic hydroxyl groups excluding tert-OH is 1. The maximum atomic E-state index is 10.0. The Kier molecular flexibility index (Phi) is 3.69. The van der Waals surface area contributed by atoms with Crippen LogP contribution in [0.2, 0.25) is 0 Å². The van der Waals surface area contributed by atoms with Crippen molar-refractivity contribution in [1.82, 2.24) is 10.1 Å². The van der Waals surface area contributed by atoms with E-state index in [1.807, 2.05) is 25.1 Å². The molecule has 1 atom stereocenters. The highest BCUT2D eigenvalue weighted by Crippen LogP contribution is 2.35. The zero-order valence-electron chi connectivity index (χ0n) is 11.5. The largest absolute Gasteiger partial charge is 0.483 e. The molecule has 20 heavy (non-hydrogen) atoms. The van der Waals surface area contributed by atoms with E-state index < -0.39 is 0 Å². The Morgan fingerprint density at radius 2 is 2.35 bits per heavy atom. The predicted molar refractivity (Wildman–Crippen MR) is 72.3 cm³/mol. The summed E-state index contributed by atoms with van der Waals surface area (Å²) >= 11 is 0. The molecule has 0 bridgehead atoms. The van der Waals surface area contributed by atoms with Crippen LogP contribution >= 0.6 is 0 Å². The highest BCUT2D eigenvalue weighted by Gasteiger charge is 2.21. The molecule has 0 fully saturated rings. The summed E-state index contributed by atoms with van der Waals surface area (Å²) in [6.07, 6.45) is 3.11. The lowest BCUT2D eigenvalue weighted by Gasteiger charge is -2.23. The minimum absolute atomic E-state index is 0.263. The van der Waals surface area contributed by atoms with Gasteiger partial charge in [-0.25, -0.2) is 0 Å². The third kappa shape index (κ3) is 2.54. The van der Waals surface area contributed by atoms with E-state index in [1.165, 1.54) is 0 Å². The molecule has 5 nitrogen and oxygen atoms in total. The van der Waals surface area contributed by atoms with Gasteiger partial charge in [0.2, 0.25) is 0 Å². The molecule has 1 heterocycles. The summed E-state index contributed by atoms with van der Waals surface area (Å²) < 4.78 is 10.9. The molecule has 1 aromatic carbocycles. The van der Waals surface area contributed by atoms with E-state index in [-0.39, 0.29) is 12.7 Å². The summed E-state index contributed by atoms with van der Waals surface area (Å²) in [4.78, 5) is 4.22. The second-order valence-corrected chi connectivity index (χ2v) is 4.98. The van der Waals surface area contributed by atoms with Crippen LogP contribution in [0.5, 0.6) is 5.75 Å². The van der Waals surface area contributed by atoms with Gasteiger partial charge in [0.05, 0.1) is 6.10 Å². The number of rotatable bonds is 4. The van der Waals surface area contributed by atoms with Gasteiger partial charge >= 0.3 is 0 Å². The molecule has 5 heteroatoms. The van der Waals surface area contributed by atoms with Crippen molar-refractivity contribution in [2.24, 2.45) is 0 Å². The Bertz CT molecular complexity index is 595. The van der Waals surface area contributed by atoms with Crippen molar-refractivity contribution in [1.29, 1.82) is 0 Å². The summed E-state index contributed by atoms with van der Waals surface area (Å²) in [6, 6.07) is 5.80. The number of hydrogen-bond acceptors (Lipinski definition) is 5. The fraction of sp³-hybridized carbons (Fsp3) is 0.467. The molecule has 0 saturated heterocycles. The molecular formula is C15H18N2O3. The smallest absolute Gasteiger partial charge is 0.264 e. The van der Waals surface area contributed by atoms with Crippen molar-refractivity contribution in [3.63, 3.8) is 0 Å². The zero-order valence-corrected chi connectivity index (χ0v) is 11.5. The number of aryl methyl sites for hydroxylation is 1. The molecule has 0 radical (unpaired) electrons. The van der Waals surface area contributed by atoms with Crippen LogP contribution in [-0.2, 0) is 19.4 Å². The molecule has 1 aromatic heterocycles. The normalized spacial score (nSPS) is 17.8. The van der Waals surface area contributed by atoms with E-state index in [0.717, 1.165) is 42.6 Å². The number of benzene rings is 1. The minimum Gasteiger partial charge on any atom is -0.483 e. The summed E-state index contributed by atoms with van der Waals surface area (Å²) in [5, 5.41) is 13.9. The molecule has 1 N–H and O–H groups in total. The average molecular weight is 274 g/mol. The number of ether oxygens (including phenoxy) is 1. The van der Waals surface area contributed by atoms with E-state index in [9.17, 15) is 5.11 Å². The Labute approximate surface area is 117 Å². The van der Waals surface area contributed by atoms with E-state index in [0.29, 0.717) is 11.7 Å². The molecule has 1 unspecified atom stereocenters. The molecule has 1 aliphatic carbocycles. The Morgan fingerprint density at radius 3 is 3.15 bits per heavy atom. The first kappa shape index (κ1) is 13.1. The van der Waals surface area contributed by atoms with E-state index >= 15 is 0 Å². The van der Waals surface area contributed by atoms with Gasteiger partial charge in [-0.05, 0) is 36.5 Å². The number of aromatic nitrogens is 2. The number of nitrogens with zero attached hydrogens (tertiary/aromatic N) is 2. The van der Waals surface area contributed by atoms with Gasteiger partial charge in [0.1, 0.15) is 5.75 Å². The van der Waals surface area contributed by atoms with Gasteiger partial charge in [0.15, 0.2) is 12.4 Å². The Morgan fingerprint density at radius 1 is 1.45 bits per heavy atom.